The van der Waals surface area contributed by atoms with Gasteiger partial charge in [0.25, 0.3) is 0 Å². The first-order chi connectivity index (χ1) is 5.88. The van der Waals surface area contributed by atoms with Gasteiger partial charge in [-0.05, 0) is 34.1 Å². The Balaban J connectivity index is 2.90. The second-order valence-corrected chi connectivity index (χ2v) is 3.41. The molecular weight excluding hydrogens is 272 g/mol. The van der Waals surface area contributed by atoms with Crippen LogP contribution in [0.2, 0.25) is 5.02 Å². The molecule has 6 heteroatoms. The van der Waals surface area contributed by atoms with E-state index < -0.39 is 6.36 Å². The Bertz CT molecular complexity index is 313. The molecule has 0 saturated heterocycles. The topological polar surface area (TPSA) is 9.23 Å². The van der Waals surface area contributed by atoms with Gasteiger partial charge in [-0.3, -0.25) is 0 Å². The summed E-state index contributed by atoms with van der Waals surface area (Å²) in [7, 11) is 0. The standard InChI is InChI=1S/C7H3BrClF3O/c8-5-3-4(9)1-2-6(5)13-7(10,11)12/h1-3H. The Hall–Kier alpha value is -0.420. The van der Waals surface area contributed by atoms with Crippen LogP contribution in [0.5, 0.6) is 5.75 Å². The van der Waals surface area contributed by atoms with Crippen LogP contribution in [0, 0.1) is 0 Å². The van der Waals surface area contributed by atoms with Gasteiger partial charge in [0, 0.05) is 5.02 Å². The third-order valence-electron chi connectivity index (χ3n) is 1.12. The molecule has 0 saturated carbocycles. The molecule has 0 atom stereocenters. The number of alkyl halides is 3. The van der Waals surface area contributed by atoms with Crippen LogP contribution in [0.25, 0.3) is 0 Å². The molecule has 0 aromatic heterocycles. The van der Waals surface area contributed by atoms with Crippen molar-refractivity contribution in [2.45, 2.75) is 6.36 Å². The van der Waals surface area contributed by atoms with E-state index in [4.69, 9.17) is 11.6 Å². The smallest absolute Gasteiger partial charge is 0.405 e. The lowest BCUT2D eigenvalue weighted by molar-refractivity contribution is -0.274. The molecule has 0 aliphatic carbocycles. The summed E-state index contributed by atoms with van der Waals surface area (Å²) in [5.74, 6) is -0.308. The number of hydrogen-bond donors (Lipinski definition) is 0. The largest absolute Gasteiger partial charge is 0.573 e. The molecule has 0 aliphatic rings. The monoisotopic (exact) mass is 274 g/mol. The van der Waals surface area contributed by atoms with Gasteiger partial charge >= 0.3 is 6.36 Å². The maximum absolute atomic E-state index is 11.7. The fourth-order valence-electron chi connectivity index (χ4n) is 0.683. The van der Waals surface area contributed by atoms with Crippen molar-refractivity contribution in [3.8, 4) is 5.75 Å². The summed E-state index contributed by atoms with van der Waals surface area (Å²) < 4.78 is 39.1. The van der Waals surface area contributed by atoms with Crippen LogP contribution in [0.1, 0.15) is 0 Å². The maximum atomic E-state index is 11.7. The molecule has 0 heterocycles. The molecule has 1 nitrogen and oxygen atoms in total. The molecule has 1 aromatic carbocycles. The highest BCUT2D eigenvalue weighted by Crippen LogP contribution is 2.32. The Morgan fingerprint density at radius 3 is 2.38 bits per heavy atom. The zero-order chi connectivity index (χ0) is 10.1. The van der Waals surface area contributed by atoms with Crippen molar-refractivity contribution in [1.82, 2.24) is 0 Å². The van der Waals surface area contributed by atoms with Gasteiger partial charge in [0.05, 0.1) is 4.47 Å². The van der Waals surface area contributed by atoms with E-state index in [-0.39, 0.29) is 10.2 Å². The summed E-state index contributed by atoms with van der Waals surface area (Å²) in [6.07, 6.45) is -4.68. The van der Waals surface area contributed by atoms with Crippen LogP contribution in [0.4, 0.5) is 13.2 Å². The highest BCUT2D eigenvalue weighted by Gasteiger charge is 2.31. The van der Waals surface area contributed by atoms with E-state index >= 15 is 0 Å². The summed E-state index contributed by atoms with van der Waals surface area (Å²) in [5.41, 5.74) is 0. The molecule has 72 valence electrons. The summed E-state index contributed by atoms with van der Waals surface area (Å²) in [5, 5.41) is 0.335. The average molecular weight is 275 g/mol. The van der Waals surface area contributed by atoms with E-state index in [9.17, 15) is 13.2 Å². The predicted molar refractivity (Wildman–Crippen MR) is 45.8 cm³/mol. The van der Waals surface area contributed by atoms with Crippen molar-refractivity contribution in [3.63, 3.8) is 0 Å². The van der Waals surface area contributed by atoms with E-state index in [2.05, 4.69) is 20.7 Å². The van der Waals surface area contributed by atoms with Gasteiger partial charge in [0.15, 0.2) is 0 Å². The maximum Gasteiger partial charge on any atom is 0.573 e. The lowest BCUT2D eigenvalue weighted by atomic mass is 10.3. The van der Waals surface area contributed by atoms with Gasteiger partial charge in [-0.25, -0.2) is 0 Å². The molecule has 0 aliphatic heterocycles. The summed E-state index contributed by atoms with van der Waals surface area (Å²) >= 11 is 8.41. The Morgan fingerprint density at radius 2 is 1.92 bits per heavy atom. The predicted octanol–water partition coefficient (Wildman–Crippen LogP) is 4.00. The van der Waals surface area contributed by atoms with Crippen molar-refractivity contribution in [3.05, 3.63) is 27.7 Å². The number of ether oxygens (including phenoxy) is 1. The molecule has 13 heavy (non-hydrogen) atoms. The normalized spacial score (nSPS) is 11.5. The van der Waals surface area contributed by atoms with Gasteiger partial charge in [-0.1, -0.05) is 11.6 Å². The fourth-order valence-corrected chi connectivity index (χ4v) is 1.45. The van der Waals surface area contributed by atoms with Crippen molar-refractivity contribution >= 4 is 27.5 Å². The number of hydrogen-bond acceptors (Lipinski definition) is 1. The third-order valence-corrected chi connectivity index (χ3v) is 1.97. The summed E-state index contributed by atoms with van der Waals surface area (Å²) in [4.78, 5) is 0. The molecule has 0 amide bonds. The van der Waals surface area contributed by atoms with Crippen molar-refractivity contribution in [2.24, 2.45) is 0 Å². The number of benzene rings is 1. The fraction of sp³-hybridized carbons (Fsp3) is 0.143. The molecule has 0 radical (unpaired) electrons. The van der Waals surface area contributed by atoms with Crippen LogP contribution in [0.15, 0.2) is 22.7 Å². The first-order valence-corrected chi connectivity index (χ1v) is 4.26. The number of halogens is 5. The minimum Gasteiger partial charge on any atom is -0.405 e. The van der Waals surface area contributed by atoms with E-state index in [0.717, 1.165) is 6.07 Å². The van der Waals surface area contributed by atoms with Gasteiger partial charge in [-0.15, -0.1) is 13.2 Å². The average Bonchev–Trinajstić information content (AvgIpc) is 1.93. The quantitative estimate of drug-likeness (QED) is 0.752. The minimum absolute atomic E-state index is 0.164. The minimum atomic E-state index is -4.68. The molecule has 1 rings (SSSR count). The molecule has 0 unspecified atom stereocenters. The van der Waals surface area contributed by atoms with E-state index in [1.807, 2.05) is 0 Å². The third kappa shape index (κ3) is 3.44. The van der Waals surface area contributed by atoms with Crippen molar-refractivity contribution in [2.75, 3.05) is 0 Å². The first kappa shape index (κ1) is 10.7. The molecule has 1 aromatic rings. The molecule has 0 N–H and O–H groups in total. The first-order valence-electron chi connectivity index (χ1n) is 3.09. The van der Waals surface area contributed by atoms with E-state index in [0.29, 0.717) is 5.02 Å². The molecule has 0 spiro atoms. The second-order valence-electron chi connectivity index (χ2n) is 2.12. The Morgan fingerprint density at radius 1 is 1.31 bits per heavy atom. The van der Waals surface area contributed by atoms with Crippen LogP contribution in [-0.2, 0) is 0 Å². The summed E-state index contributed by atoms with van der Waals surface area (Å²) in [6.45, 7) is 0. The Kier molecular flexibility index (Phi) is 3.08. The number of rotatable bonds is 1. The van der Waals surface area contributed by atoms with Crippen LogP contribution in [-0.4, -0.2) is 6.36 Å². The SMILES string of the molecule is FC(F)(F)Oc1ccc(Cl)cc1Br. The highest BCUT2D eigenvalue weighted by molar-refractivity contribution is 9.10. The summed E-state index contributed by atoms with van der Waals surface area (Å²) in [6, 6.07) is 3.77. The molecule has 0 bridgehead atoms. The van der Waals surface area contributed by atoms with Crippen LogP contribution >= 0.6 is 27.5 Å². The van der Waals surface area contributed by atoms with Crippen LogP contribution in [0.3, 0.4) is 0 Å². The van der Waals surface area contributed by atoms with Crippen LogP contribution < -0.4 is 4.74 Å². The van der Waals surface area contributed by atoms with E-state index in [1.54, 1.807) is 0 Å². The van der Waals surface area contributed by atoms with Gasteiger partial charge in [0.1, 0.15) is 5.75 Å². The highest BCUT2D eigenvalue weighted by atomic mass is 79.9. The van der Waals surface area contributed by atoms with Crippen molar-refractivity contribution < 1.29 is 17.9 Å². The van der Waals surface area contributed by atoms with Gasteiger partial charge < -0.3 is 4.74 Å². The Labute approximate surface area is 85.6 Å². The van der Waals surface area contributed by atoms with Crippen molar-refractivity contribution in [1.29, 1.82) is 0 Å². The lowest BCUT2D eigenvalue weighted by Gasteiger charge is -2.09. The zero-order valence-corrected chi connectivity index (χ0v) is 8.37. The molecular formula is C7H3BrClF3O. The van der Waals surface area contributed by atoms with E-state index in [1.165, 1.54) is 12.1 Å². The zero-order valence-electron chi connectivity index (χ0n) is 6.03. The van der Waals surface area contributed by atoms with Gasteiger partial charge in [0.2, 0.25) is 0 Å². The lowest BCUT2D eigenvalue weighted by Crippen LogP contribution is -2.17. The molecule has 0 fully saturated rings. The second kappa shape index (κ2) is 3.75. The van der Waals surface area contributed by atoms with Gasteiger partial charge in [-0.2, -0.15) is 0 Å².